The van der Waals surface area contributed by atoms with Gasteiger partial charge in [0, 0.05) is 28.6 Å². The van der Waals surface area contributed by atoms with Crippen molar-refractivity contribution >= 4 is 11.6 Å². The highest BCUT2D eigenvalue weighted by atomic mass is 16.5. The first-order chi connectivity index (χ1) is 17.5. The summed E-state index contributed by atoms with van der Waals surface area (Å²) >= 11 is 0. The minimum Gasteiger partial charge on any atom is -0.490 e. The van der Waals surface area contributed by atoms with Crippen molar-refractivity contribution in [3.8, 4) is 28.6 Å². The summed E-state index contributed by atoms with van der Waals surface area (Å²) in [6.45, 7) is 4.73. The smallest absolute Gasteiger partial charge is 0.255 e. The predicted octanol–water partition coefficient (Wildman–Crippen LogP) is 4.85. The van der Waals surface area contributed by atoms with Crippen LogP contribution in [0.1, 0.15) is 23.0 Å². The van der Waals surface area contributed by atoms with Gasteiger partial charge in [-0.2, -0.15) is 0 Å². The van der Waals surface area contributed by atoms with Crippen molar-refractivity contribution in [2.75, 3.05) is 25.1 Å². The molecule has 3 aromatic carbocycles. The second kappa shape index (κ2) is 11.7. The molecule has 0 aliphatic heterocycles. The van der Waals surface area contributed by atoms with E-state index in [1.165, 1.54) is 6.07 Å². The fraction of sp³-hybridized carbons (Fsp3) is 0.179. The fourth-order valence-electron chi connectivity index (χ4n) is 3.53. The Kier molecular flexibility index (Phi) is 7.97. The predicted molar refractivity (Wildman–Crippen MR) is 138 cm³/mol. The lowest BCUT2D eigenvalue weighted by Gasteiger charge is -2.14. The molecule has 0 atom stereocenters. The van der Waals surface area contributed by atoms with Crippen LogP contribution >= 0.6 is 0 Å². The Bertz CT molecular complexity index is 1390. The number of aromatic amines is 1. The molecule has 4 aromatic rings. The minimum absolute atomic E-state index is 0.232. The molecule has 1 aromatic heterocycles. The standard InChI is InChI=1S/C28H27N3O5/c1-3-34-25-18-21(12-13-24(25)36-15-14-35-23-10-5-4-6-11-23)28(33)30-22-9-7-8-20(17-22)27-29-19(2)16-26(32)31-27/h4-13,16-18H,3,14-15H2,1-2H3,(H,30,33)(H,29,31,32). The van der Waals surface area contributed by atoms with Crippen LogP contribution in [0.4, 0.5) is 5.69 Å². The topological polar surface area (TPSA) is 103 Å². The van der Waals surface area contributed by atoms with Crippen molar-refractivity contribution in [1.82, 2.24) is 9.97 Å². The lowest BCUT2D eigenvalue weighted by atomic mass is 10.1. The van der Waals surface area contributed by atoms with Gasteiger partial charge in [0.2, 0.25) is 0 Å². The van der Waals surface area contributed by atoms with Gasteiger partial charge in [0.1, 0.15) is 24.8 Å². The highest BCUT2D eigenvalue weighted by Gasteiger charge is 2.13. The first-order valence-corrected chi connectivity index (χ1v) is 11.6. The molecule has 0 aliphatic carbocycles. The number of rotatable bonds is 10. The molecule has 0 radical (unpaired) electrons. The highest BCUT2D eigenvalue weighted by Crippen LogP contribution is 2.29. The van der Waals surface area contributed by atoms with E-state index in [0.717, 1.165) is 5.75 Å². The third-order valence-electron chi connectivity index (χ3n) is 5.12. The van der Waals surface area contributed by atoms with Crippen molar-refractivity contribution in [3.05, 3.63) is 100 Å². The largest absolute Gasteiger partial charge is 0.490 e. The zero-order chi connectivity index (χ0) is 25.3. The second-order valence-corrected chi connectivity index (χ2v) is 7.87. The van der Waals surface area contributed by atoms with E-state index < -0.39 is 0 Å². The minimum atomic E-state index is -0.308. The molecule has 0 fully saturated rings. The van der Waals surface area contributed by atoms with Crippen LogP contribution in [0.15, 0.2) is 83.7 Å². The molecule has 0 spiro atoms. The Hall–Kier alpha value is -4.59. The third kappa shape index (κ3) is 6.50. The van der Waals surface area contributed by atoms with Gasteiger partial charge < -0.3 is 24.5 Å². The fourth-order valence-corrected chi connectivity index (χ4v) is 3.53. The van der Waals surface area contributed by atoms with Gasteiger partial charge in [0.15, 0.2) is 11.5 Å². The first kappa shape index (κ1) is 24.5. The molecule has 1 amide bonds. The number of ether oxygens (including phenoxy) is 3. The van der Waals surface area contributed by atoms with Crippen LogP contribution in [0.25, 0.3) is 11.4 Å². The van der Waals surface area contributed by atoms with Crippen molar-refractivity contribution in [2.24, 2.45) is 0 Å². The van der Waals surface area contributed by atoms with Crippen LogP contribution in [0.2, 0.25) is 0 Å². The first-order valence-electron chi connectivity index (χ1n) is 11.6. The average molecular weight is 486 g/mol. The number of hydrogen-bond donors (Lipinski definition) is 2. The molecule has 8 nitrogen and oxygen atoms in total. The Balaban J connectivity index is 1.43. The number of amides is 1. The number of benzene rings is 3. The molecular formula is C28H27N3O5. The summed E-state index contributed by atoms with van der Waals surface area (Å²) in [7, 11) is 0. The van der Waals surface area contributed by atoms with E-state index in [0.29, 0.717) is 59.7 Å². The van der Waals surface area contributed by atoms with E-state index in [2.05, 4.69) is 15.3 Å². The lowest BCUT2D eigenvalue weighted by molar-refractivity contribution is 0.102. The Labute approximate surface area is 208 Å². The number of carbonyl (C=O) groups is 1. The highest BCUT2D eigenvalue weighted by molar-refractivity contribution is 6.04. The van der Waals surface area contributed by atoms with E-state index in [9.17, 15) is 9.59 Å². The van der Waals surface area contributed by atoms with Crippen LogP contribution in [0.3, 0.4) is 0 Å². The van der Waals surface area contributed by atoms with Crippen LogP contribution in [0.5, 0.6) is 17.2 Å². The molecule has 2 N–H and O–H groups in total. The number of anilines is 1. The van der Waals surface area contributed by atoms with Crippen molar-refractivity contribution in [3.63, 3.8) is 0 Å². The normalized spacial score (nSPS) is 10.5. The van der Waals surface area contributed by atoms with E-state index in [4.69, 9.17) is 14.2 Å². The number of para-hydroxylation sites is 1. The molecule has 184 valence electrons. The van der Waals surface area contributed by atoms with Crippen molar-refractivity contribution in [1.29, 1.82) is 0 Å². The zero-order valence-corrected chi connectivity index (χ0v) is 20.1. The molecule has 36 heavy (non-hydrogen) atoms. The maximum atomic E-state index is 13.0. The van der Waals surface area contributed by atoms with Gasteiger partial charge in [0.25, 0.3) is 11.5 Å². The molecule has 8 heteroatoms. The van der Waals surface area contributed by atoms with Gasteiger partial charge in [-0.1, -0.05) is 30.3 Å². The van der Waals surface area contributed by atoms with Gasteiger partial charge in [-0.25, -0.2) is 4.98 Å². The summed E-state index contributed by atoms with van der Waals surface area (Å²) in [5, 5.41) is 2.88. The molecular weight excluding hydrogens is 458 g/mol. The van der Waals surface area contributed by atoms with Gasteiger partial charge in [-0.3, -0.25) is 9.59 Å². The molecule has 0 unspecified atom stereocenters. The maximum Gasteiger partial charge on any atom is 0.255 e. The summed E-state index contributed by atoms with van der Waals surface area (Å²) in [4.78, 5) is 31.8. The number of carbonyl (C=O) groups excluding carboxylic acids is 1. The van der Waals surface area contributed by atoms with E-state index in [-0.39, 0.29) is 11.5 Å². The monoisotopic (exact) mass is 485 g/mol. The number of hydrogen-bond acceptors (Lipinski definition) is 6. The number of H-pyrrole nitrogens is 1. The summed E-state index contributed by atoms with van der Waals surface area (Å²) in [6, 6.07) is 23.1. The second-order valence-electron chi connectivity index (χ2n) is 7.87. The molecule has 0 aliphatic rings. The summed E-state index contributed by atoms with van der Waals surface area (Å²) in [6.07, 6.45) is 0. The van der Waals surface area contributed by atoms with Gasteiger partial charge in [-0.15, -0.1) is 0 Å². The molecule has 0 saturated heterocycles. The zero-order valence-electron chi connectivity index (χ0n) is 20.1. The Morgan fingerprint density at radius 1 is 0.889 bits per heavy atom. The van der Waals surface area contributed by atoms with Crippen LogP contribution in [0, 0.1) is 6.92 Å². The summed E-state index contributed by atoms with van der Waals surface area (Å²) in [5.74, 6) is 1.90. The number of nitrogens with one attached hydrogen (secondary N) is 2. The Morgan fingerprint density at radius 3 is 2.47 bits per heavy atom. The summed E-state index contributed by atoms with van der Waals surface area (Å²) < 4.78 is 17.2. The molecule has 4 rings (SSSR count). The van der Waals surface area contributed by atoms with E-state index in [1.807, 2.05) is 43.3 Å². The van der Waals surface area contributed by atoms with Crippen LogP contribution in [-0.4, -0.2) is 35.7 Å². The van der Waals surface area contributed by atoms with Gasteiger partial charge >= 0.3 is 0 Å². The van der Waals surface area contributed by atoms with Gasteiger partial charge in [0.05, 0.1) is 6.61 Å². The lowest BCUT2D eigenvalue weighted by Crippen LogP contribution is -2.13. The molecule has 0 saturated carbocycles. The Morgan fingerprint density at radius 2 is 1.69 bits per heavy atom. The van der Waals surface area contributed by atoms with Crippen LogP contribution in [-0.2, 0) is 0 Å². The quantitative estimate of drug-likeness (QED) is 0.311. The SMILES string of the molecule is CCOc1cc(C(=O)Nc2cccc(-c3nc(C)cc(=O)[nH]3)c2)ccc1OCCOc1ccccc1. The number of nitrogens with zero attached hydrogens (tertiary/aromatic N) is 1. The van der Waals surface area contributed by atoms with Crippen molar-refractivity contribution < 1.29 is 19.0 Å². The van der Waals surface area contributed by atoms with Gasteiger partial charge in [-0.05, 0) is 56.3 Å². The molecule has 1 heterocycles. The maximum absolute atomic E-state index is 13.0. The number of aromatic nitrogens is 2. The van der Waals surface area contributed by atoms with E-state index in [1.54, 1.807) is 43.3 Å². The third-order valence-corrected chi connectivity index (χ3v) is 5.12. The summed E-state index contributed by atoms with van der Waals surface area (Å²) in [5.41, 5.74) is 2.05. The number of aryl methyl sites for hydroxylation is 1. The van der Waals surface area contributed by atoms with E-state index >= 15 is 0 Å². The average Bonchev–Trinajstić information content (AvgIpc) is 2.87. The molecule has 0 bridgehead atoms. The van der Waals surface area contributed by atoms with Crippen LogP contribution < -0.4 is 25.1 Å². The van der Waals surface area contributed by atoms with Crippen molar-refractivity contribution in [2.45, 2.75) is 13.8 Å².